The van der Waals surface area contributed by atoms with Crippen molar-refractivity contribution in [2.75, 3.05) is 5.32 Å². The molecule has 0 unspecified atom stereocenters. The van der Waals surface area contributed by atoms with Crippen LogP contribution in [0.4, 0.5) is 10.3 Å². The van der Waals surface area contributed by atoms with Crippen molar-refractivity contribution in [3.8, 4) is 0 Å². The predicted octanol–water partition coefficient (Wildman–Crippen LogP) is 3.37. The van der Waals surface area contributed by atoms with Gasteiger partial charge in [0.05, 0.1) is 16.3 Å². The normalized spacial score (nSPS) is 11.8. The van der Waals surface area contributed by atoms with Gasteiger partial charge in [-0.25, -0.2) is 21.8 Å². The highest BCUT2D eigenvalue weighted by Crippen LogP contribution is 2.25. The third kappa shape index (κ3) is 3.32. The van der Waals surface area contributed by atoms with Crippen LogP contribution in [0.25, 0.3) is 11.0 Å². The lowest BCUT2D eigenvalue weighted by atomic mass is 10.2. The van der Waals surface area contributed by atoms with E-state index in [0.29, 0.717) is 23.1 Å². The number of fused-ring (bicyclic) bond motifs is 1. The van der Waals surface area contributed by atoms with E-state index in [1.165, 1.54) is 16.1 Å². The summed E-state index contributed by atoms with van der Waals surface area (Å²) >= 11 is 0. The fourth-order valence-electron chi connectivity index (χ4n) is 2.52. The van der Waals surface area contributed by atoms with Gasteiger partial charge in [0.25, 0.3) is 0 Å². The monoisotopic (exact) mass is 374 g/mol. The molecule has 0 aliphatic carbocycles. The van der Waals surface area contributed by atoms with E-state index < -0.39 is 15.3 Å². The van der Waals surface area contributed by atoms with Crippen LogP contribution in [0.5, 0.6) is 0 Å². The summed E-state index contributed by atoms with van der Waals surface area (Å²) in [6.07, 6.45) is 1.16. The minimum atomic E-state index is -3.67. The van der Waals surface area contributed by atoms with Crippen LogP contribution in [0.1, 0.15) is 25.0 Å². The molecule has 0 saturated heterocycles. The van der Waals surface area contributed by atoms with Crippen LogP contribution in [0.2, 0.25) is 0 Å². The van der Waals surface area contributed by atoms with Crippen molar-refractivity contribution in [2.24, 2.45) is 0 Å². The molecule has 1 heterocycles. The Kier molecular flexibility index (Phi) is 4.78. The zero-order valence-electron chi connectivity index (χ0n) is 14.4. The Morgan fingerprint density at radius 3 is 2.54 bits per heavy atom. The molecule has 0 bridgehead atoms. The molecule has 0 aliphatic rings. The second-order valence-electron chi connectivity index (χ2n) is 6.17. The fourth-order valence-corrected chi connectivity index (χ4v) is 3.71. The third-order valence-electron chi connectivity index (χ3n) is 4.02. The zero-order valence-corrected chi connectivity index (χ0v) is 15.2. The maximum absolute atomic E-state index is 13.0. The van der Waals surface area contributed by atoms with Gasteiger partial charge in [0.15, 0.2) is 0 Å². The molecule has 136 valence electrons. The summed E-state index contributed by atoms with van der Waals surface area (Å²) in [4.78, 5) is 4.39. The van der Waals surface area contributed by atoms with Gasteiger partial charge in [-0.05, 0) is 49.2 Å². The van der Waals surface area contributed by atoms with E-state index in [1.807, 2.05) is 0 Å². The lowest BCUT2D eigenvalue weighted by Crippen LogP contribution is -2.24. The van der Waals surface area contributed by atoms with Crippen LogP contribution in [-0.4, -0.2) is 28.8 Å². The van der Waals surface area contributed by atoms with Gasteiger partial charge >= 0.3 is 0 Å². The highest BCUT2D eigenvalue weighted by molar-refractivity contribution is 7.90. The molecular formula is C18H19FN4O2S. The van der Waals surface area contributed by atoms with Gasteiger partial charge in [0, 0.05) is 12.8 Å². The first-order valence-electron chi connectivity index (χ1n) is 8.08. The summed E-state index contributed by atoms with van der Waals surface area (Å²) in [6, 6.07) is 11.0. The number of nitrogens with one attached hydrogen (secondary N) is 2. The van der Waals surface area contributed by atoms with E-state index in [-0.39, 0.29) is 11.8 Å². The molecule has 0 aliphatic heterocycles. The summed E-state index contributed by atoms with van der Waals surface area (Å²) in [6.45, 7) is 3.51. The van der Waals surface area contributed by atoms with Crippen LogP contribution >= 0.6 is 0 Å². The van der Waals surface area contributed by atoms with E-state index in [1.54, 1.807) is 44.2 Å². The van der Waals surface area contributed by atoms with E-state index >= 15 is 0 Å². The maximum atomic E-state index is 13.0. The van der Waals surface area contributed by atoms with Crippen LogP contribution in [0.3, 0.4) is 0 Å². The summed E-state index contributed by atoms with van der Waals surface area (Å²) < 4.78 is 39.9. The summed E-state index contributed by atoms with van der Waals surface area (Å²) in [5.74, 6) is -0.136. The second-order valence-corrected chi connectivity index (χ2v) is 8.50. The number of nitrogens with zero attached hydrogens (tertiary/aromatic N) is 2. The van der Waals surface area contributed by atoms with Crippen LogP contribution in [0, 0.1) is 11.2 Å². The van der Waals surface area contributed by atoms with Crippen molar-refractivity contribution >= 4 is 33.2 Å². The van der Waals surface area contributed by atoms with E-state index in [0.717, 1.165) is 11.8 Å². The fraction of sp³-hybridized carbons (Fsp3) is 0.222. The number of anilines is 1. The molecule has 3 rings (SSSR count). The smallest absolute Gasteiger partial charge is 0.244 e. The second kappa shape index (κ2) is 6.87. The molecule has 8 heteroatoms. The van der Waals surface area contributed by atoms with Crippen LogP contribution in [-0.2, 0) is 16.6 Å². The molecule has 3 aromatic rings. The van der Waals surface area contributed by atoms with Gasteiger partial charge in [-0.15, -0.1) is 0 Å². The van der Waals surface area contributed by atoms with E-state index in [9.17, 15) is 12.8 Å². The summed E-state index contributed by atoms with van der Waals surface area (Å²) in [5, 5.41) is 9.78. The van der Waals surface area contributed by atoms with Crippen molar-refractivity contribution in [1.82, 2.24) is 8.96 Å². The molecular weight excluding hydrogens is 355 g/mol. The van der Waals surface area contributed by atoms with Gasteiger partial charge < -0.3 is 10.7 Å². The largest absolute Gasteiger partial charge is 0.351 e. The Hall–Kier alpha value is -2.74. The number of imidazole rings is 1. The molecule has 1 aromatic heterocycles. The molecule has 0 fully saturated rings. The average molecular weight is 374 g/mol. The number of aromatic nitrogens is 2. The molecule has 2 N–H and O–H groups in total. The van der Waals surface area contributed by atoms with Gasteiger partial charge in [0.1, 0.15) is 5.82 Å². The first kappa shape index (κ1) is 18.1. The highest BCUT2D eigenvalue weighted by Gasteiger charge is 2.25. The van der Waals surface area contributed by atoms with Gasteiger partial charge in [0.2, 0.25) is 16.0 Å². The Morgan fingerprint density at radius 2 is 1.92 bits per heavy atom. The number of benzene rings is 2. The highest BCUT2D eigenvalue weighted by atomic mass is 32.2. The van der Waals surface area contributed by atoms with Gasteiger partial charge in [-0.3, -0.25) is 0 Å². The standard InChI is InChI=1S/C18H19FN4O2S/c1-12(2)26(24,25)23-17-9-14(10-20)5-8-16(17)22-18(23)21-11-13-3-6-15(19)7-4-13/h3-10,12,20H,11H2,1-2H3,(H,21,22). The topological polar surface area (TPSA) is 87.8 Å². The van der Waals surface area contributed by atoms with Gasteiger partial charge in [-0.2, -0.15) is 0 Å². The Labute approximate surface area is 151 Å². The molecule has 6 nitrogen and oxygen atoms in total. The number of hydrogen-bond donors (Lipinski definition) is 2. The van der Waals surface area contributed by atoms with Crippen molar-refractivity contribution in [2.45, 2.75) is 25.6 Å². The Bertz CT molecular complexity index is 1060. The van der Waals surface area contributed by atoms with Crippen LogP contribution in [0.15, 0.2) is 42.5 Å². The van der Waals surface area contributed by atoms with Crippen LogP contribution < -0.4 is 5.32 Å². The summed E-state index contributed by atoms with van der Waals surface area (Å²) in [5.41, 5.74) is 2.32. The molecule has 0 radical (unpaired) electrons. The molecule has 0 amide bonds. The van der Waals surface area contributed by atoms with Crippen molar-refractivity contribution < 1.29 is 12.8 Å². The Morgan fingerprint density at radius 1 is 1.23 bits per heavy atom. The summed E-state index contributed by atoms with van der Waals surface area (Å²) in [7, 11) is -3.67. The van der Waals surface area contributed by atoms with Crippen molar-refractivity contribution in [3.05, 3.63) is 59.4 Å². The SMILES string of the molecule is CC(C)S(=O)(=O)n1c(NCc2ccc(F)cc2)nc2ccc(C=N)cc21. The van der Waals surface area contributed by atoms with Gasteiger partial charge in [-0.1, -0.05) is 18.2 Å². The predicted molar refractivity (Wildman–Crippen MR) is 101 cm³/mol. The van der Waals surface area contributed by atoms with E-state index in [2.05, 4.69) is 10.3 Å². The Balaban J connectivity index is 2.08. The lowest BCUT2D eigenvalue weighted by Gasteiger charge is -2.14. The molecule has 0 spiro atoms. The molecule has 0 atom stereocenters. The number of halogens is 1. The van der Waals surface area contributed by atoms with Crippen molar-refractivity contribution in [1.29, 1.82) is 5.41 Å². The van der Waals surface area contributed by atoms with Crippen molar-refractivity contribution in [3.63, 3.8) is 0 Å². The molecule has 26 heavy (non-hydrogen) atoms. The van der Waals surface area contributed by atoms with E-state index in [4.69, 9.17) is 5.41 Å². The lowest BCUT2D eigenvalue weighted by molar-refractivity contribution is 0.580. The minimum Gasteiger partial charge on any atom is -0.351 e. The third-order valence-corrected chi connectivity index (χ3v) is 6.09. The minimum absolute atomic E-state index is 0.195. The quantitative estimate of drug-likeness (QED) is 0.648. The maximum Gasteiger partial charge on any atom is 0.244 e. The molecule has 0 saturated carbocycles. The number of rotatable bonds is 6. The average Bonchev–Trinajstić information content (AvgIpc) is 2.99. The number of hydrogen-bond acceptors (Lipinski definition) is 5. The first-order chi connectivity index (χ1) is 12.3. The molecule has 2 aromatic carbocycles. The zero-order chi connectivity index (χ0) is 18.9. The first-order valence-corrected chi connectivity index (χ1v) is 9.59.